The van der Waals surface area contributed by atoms with E-state index in [4.69, 9.17) is 0 Å². The smallest absolute Gasteiger partial charge is 0.145 e. The predicted molar refractivity (Wildman–Crippen MR) is 72.0 cm³/mol. The molecule has 1 aromatic heterocycles. The SMILES string of the molecule is CCNC(CC1CC2CCC1C2)c1ncccn1. The van der Waals surface area contributed by atoms with Gasteiger partial charge in [0.05, 0.1) is 6.04 Å². The summed E-state index contributed by atoms with van der Waals surface area (Å²) in [6, 6.07) is 2.24. The molecule has 0 aliphatic heterocycles. The van der Waals surface area contributed by atoms with Crippen LogP contribution in [0.5, 0.6) is 0 Å². The van der Waals surface area contributed by atoms with Gasteiger partial charge in [-0.1, -0.05) is 13.3 Å². The summed E-state index contributed by atoms with van der Waals surface area (Å²) >= 11 is 0. The van der Waals surface area contributed by atoms with Crippen molar-refractivity contribution in [2.75, 3.05) is 6.54 Å². The van der Waals surface area contributed by atoms with Crippen LogP contribution in [0.15, 0.2) is 18.5 Å². The van der Waals surface area contributed by atoms with Crippen LogP contribution < -0.4 is 5.32 Å². The minimum Gasteiger partial charge on any atom is -0.308 e. The Morgan fingerprint density at radius 2 is 2.11 bits per heavy atom. The molecule has 4 atom stereocenters. The van der Waals surface area contributed by atoms with Gasteiger partial charge in [0.1, 0.15) is 5.82 Å². The van der Waals surface area contributed by atoms with Gasteiger partial charge in [-0.15, -0.1) is 0 Å². The zero-order chi connectivity index (χ0) is 12.4. The Balaban J connectivity index is 1.67. The summed E-state index contributed by atoms with van der Waals surface area (Å²) in [6.45, 7) is 3.15. The molecule has 0 aromatic carbocycles. The fourth-order valence-corrected chi connectivity index (χ4v) is 3.98. The fraction of sp³-hybridized carbons (Fsp3) is 0.733. The number of hydrogen-bond donors (Lipinski definition) is 1. The molecular weight excluding hydrogens is 222 g/mol. The number of fused-ring (bicyclic) bond motifs is 2. The summed E-state index contributed by atoms with van der Waals surface area (Å²) in [4.78, 5) is 8.86. The molecule has 0 amide bonds. The highest BCUT2D eigenvalue weighted by Crippen LogP contribution is 2.50. The molecular formula is C15H23N3. The molecule has 2 bridgehead atoms. The van der Waals surface area contributed by atoms with E-state index in [2.05, 4.69) is 22.2 Å². The van der Waals surface area contributed by atoms with Gasteiger partial charge in [0, 0.05) is 12.4 Å². The third-order valence-corrected chi connectivity index (χ3v) is 4.77. The molecule has 1 heterocycles. The van der Waals surface area contributed by atoms with Crippen LogP contribution in [0.4, 0.5) is 0 Å². The lowest BCUT2D eigenvalue weighted by atomic mass is 9.84. The second-order valence-corrected chi connectivity index (χ2v) is 5.89. The maximum absolute atomic E-state index is 4.43. The summed E-state index contributed by atoms with van der Waals surface area (Å²) < 4.78 is 0. The molecule has 1 N–H and O–H groups in total. The number of aromatic nitrogens is 2. The molecule has 0 spiro atoms. The molecule has 3 heteroatoms. The summed E-state index contributed by atoms with van der Waals surface area (Å²) in [5.74, 6) is 3.89. The van der Waals surface area contributed by atoms with Crippen LogP contribution in [0.25, 0.3) is 0 Å². The minimum atomic E-state index is 0.348. The van der Waals surface area contributed by atoms with E-state index in [-0.39, 0.29) is 0 Å². The third-order valence-electron chi connectivity index (χ3n) is 4.77. The van der Waals surface area contributed by atoms with Crippen LogP contribution >= 0.6 is 0 Å². The van der Waals surface area contributed by atoms with Gasteiger partial charge in [0.15, 0.2) is 0 Å². The first-order chi connectivity index (χ1) is 8.86. The molecule has 2 fully saturated rings. The Morgan fingerprint density at radius 1 is 1.28 bits per heavy atom. The Kier molecular flexibility index (Phi) is 3.59. The van der Waals surface area contributed by atoms with Gasteiger partial charge in [-0.2, -0.15) is 0 Å². The van der Waals surface area contributed by atoms with Crippen molar-refractivity contribution in [1.82, 2.24) is 15.3 Å². The van der Waals surface area contributed by atoms with E-state index in [1.54, 1.807) is 0 Å². The van der Waals surface area contributed by atoms with Crippen LogP contribution in [-0.2, 0) is 0 Å². The Morgan fingerprint density at radius 3 is 2.72 bits per heavy atom. The Bertz CT molecular complexity index is 379. The van der Waals surface area contributed by atoms with E-state index in [0.29, 0.717) is 6.04 Å². The van der Waals surface area contributed by atoms with Crippen molar-refractivity contribution in [3.63, 3.8) is 0 Å². The van der Waals surface area contributed by atoms with Crippen molar-refractivity contribution < 1.29 is 0 Å². The molecule has 4 unspecified atom stereocenters. The first kappa shape index (κ1) is 12.1. The quantitative estimate of drug-likeness (QED) is 0.866. The van der Waals surface area contributed by atoms with Crippen LogP contribution in [0, 0.1) is 17.8 Å². The van der Waals surface area contributed by atoms with Crippen LogP contribution in [0.2, 0.25) is 0 Å². The molecule has 98 valence electrons. The normalized spacial score (nSPS) is 31.7. The van der Waals surface area contributed by atoms with Gasteiger partial charge in [0.2, 0.25) is 0 Å². The van der Waals surface area contributed by atoms with Crippen LogP contribution in [0.1, 0.15) is 50.9 Å². The second kappa shape index (κ2) is 5.35. The maximum atomic E-state index is 4.43. The molecule has 3 rings (SSSR count). The van der Waals surface area contributed by atoms with E-state index in [9.17, 15) is 0 Å². The summed E-state index contributed by atoms with van der Waals surface area (Å²) in [5, 5.41) is 3.56. The lowest BCUT2D eigenvalue weighted by molar-refractivity contribution is 0.276. The van der Waals surface area contributed by atoms with Crippen LogP contribution in [0.3, 0.4) is 0 Å². The number of rotatable bonds is 5. The fourth-order valence-electron chi connectivity index (χ4n) is 3.98. The molecule has 3 nitrogen and oxygen atoms in total. The molecule has 0 saturated heterocycles. The van der Waals surface area contributed by atoms with E-state index >= 15 is 0 Å². The zero-order valence-corrected chi connectivity index (χ0v) is 11.2. The highest BCUT2D eigenvalue weighted by Gasteiger charge is 2.40. The van der Waals surface area contributed by atoms with Gasteiger partial charge < -0.3 is 5.32 Å². The second-order valence-electron chi connectivity index (χ2n) is 5.89. The lowest BCUT2D eigenvalue weighted by Gasteiger charge is -2.26. The van der Waals surface area contributed by atoms with Crippen molar-refractivity contribution in [2.24, 2.45) is 17.8 Å². The molecule has 2 aliphatic rings. The number of hydrogen-bond acceptors (Lipinski definition) is 3. The van der Waals surface area contributed by atoms with E-state index in [1.807, 2.05) is 18.5 Å². The van der Waals surface area contributed by atoms with Gasteiger partial charge >= 0.3 is 0 Å². The van der Waals surface area contributed by atoms with E-state index < -0.39 is 0 Å². The van der Waals surface area contributed by atoms with Crippen molar-refractivity contribution in [3.05, 3.63) is 24.3 Å². The topological polar surface area (TPSA) is 37.8 Å². The lowest BCUT2D eigenvalue weighted by Crippen LogP contribution is -2.27. The van der Waals surface area contributed by atoms with Crippen molar-refractivity contribution in [1.29, 1.82) is 0 Å². The predicted octanol–water partition coefficient (Wildman–Crippen LogP) is 2.95. The summed E-state index contributed by atoms with van der Waals surface area (Å²) in [5.41, 5.74) is 0. The third kappa shape index (κ3) is 2.41. The number of nitrogens with one attached hydrogen (secondary N) is 1. The minimum absolute atomic E-state index is 0.348. The van der Waals surface area contributed by atoms with Gasteiger partial charge in [-0.3, -0.25) is 0 Å². The first-order valence-corrected chi connectivity index (χ1v) is 7.37. The Labute approximate surface area is 109 Å². The Hall–Kier alpha value is -0.960. The highest BCUT2D eigenvalue weighted by atomic mass is 15.0. The largest absolute Gasteiger partial charge is 0.308 e. The van der Waals surface area contributed by atoms with Crippen molar-refractivity contribution in [2.45, 2.75) is 45.1 Å². The molecule has 1 aromatic rings. The van der Waals surface area contributed by atoms with Crippen molar-refractivity contribution >= 4 is 0 Å². The molecule has 18 heavy (non-hydrogen) atoms. The maximum Gasteiger partial charge on any atom is 0.145 e. The standard InChI is InChI=1S/C15H23N3/c1-2-16-14(15-17-6-3-7-18-15)10-13-9-11-4-5-12(13)8-11/h3,6-7,11-14,16H,2,4-5,8-10H2,1H3. The molecule has 2 aliphatic carbocycles. The first-order valence-electron chi connectivity index (χ1n) is 7.37. The van der Waals surface area contributed by atoms with Crippen molar-refractivity contribution in [3.8, 4) is 0 Å². The number of nitrogens with zero attached hydrogens (tertiary/aromatic N) is 2. The summed E-state index contributed by atoms with van der Waals surface area (Å²) in [7, 11) is 0. The van der Waals surface area contributed by atoms with E-state index in [1.165, 1.54) is 32.1 Å². The van der Waals surface area contributed by atoms with E-state index in [0.717, 1.165) is 30.1 Å². The zero-order valence-electron chi connectivity index (χ0n) is 11.2. The van der Waals surface area contributed by atoms with Gasteiger partial charge in [-0.25, -0.2) is 9.97 Å². The highest BCUT2D eigenvalue weighted by molar-refractivity contribution is 4.99. The van der Waals surface area contributed by atoms with Crippen LogP contribution in [-0.4, -0.2) is 16.5 Å². The average Bonchev–Trinajstić information content (AvgIpc) is 3.01. The average molecular weight is 245 g/mol. The monoisotopic (exact) mass is 245 g/mol. The van der Waals surface area contributed by atoms with Gasteiger partial charge in [-0.05, 0) is 56.0 Å². The molecule has 2 saturated carbocycles. The van der Waals surface area contributed by atoms with Gasteiger partial charge in [0.25, 0.3) is 0 Å². The molecule has 0 radical (unpaired) electrons. The summed E-state index contributed by atoms with van der Waals surface area (Å²) in [6.07, 6.45) is 10.8.